The molecule has 1 amide bonds. The highest BCUT2D eigenvalue weighted by Gasteiger charge is 2.62. The van der Waals surface area contributed by atoms with Crippen LogP contribution in [0.15, 0.2) is 0 Å². The van der Waals surface area contributed by atoms with Gasteiger partial charge < -0.3 is 25.0 Å². The number of rotatable bonds is 9. The molecule has 0 aromatic heterocycles. The molecule has 7 nitrogen and oxygen atoms in total. The van der Waals surface area contributed by atoms with Crippen molar-refractivity contribution in [3.05, 3.63) is 0 Å². The number of carbonyl (C=O) groups excluding carboxylic acids is 1. The number of carboxylic acids is 1. The minimum Gasteiger partial charge on any atom is -0.481 e. The molecular formula is C33H57NO6. The van der Waals surface area contributed by atoms with Crippen LogP contribution in [0.3, 0.4) is 0 Å². The molecule has 4 aliphatic carbocycles. The van der Waals surface area contributed by atoms with Gasteiger partial charge in [-0.1, -0.05) is 20.8 Å². The van der Waals surface area contributed by atoms with Crippen molar-refractivity contribution >= 4 is 12.1 Å². The summed E-state index contributed by atoms with van der Waals surface area (Å²) in [5.74, 6) is 2.25. The molecule has 0 aromatic carbocycles. The topological polar surface area (TPSA) is 107 Å². The van der Waals surface area contributed by atoms with Gasteiger partial charge in [0, 0.05) is 19.5 Å². The van der Waals surface area contributed by atoms with E-state index in [4.69, 9.17) is 9.84 Å². The number of aliphatic hydroxyl groups is 2. The molecule has 0 aromatic rings. The fourth-order valence-electron chi connectivity index (χ4n) is 10.0. The second kappa shape index (κ2) is 12.1. The number of hydrogen-bond acceptors (Lipinski definition) is 5. The lowest BCUT2D eigenvalue weighted by atomic mass is 9.43. The van der Waals surface area contributed by atoms with Gasteiger partial charge in [-0.2, -0.15) is 0 Å². The molecule has 4 saturated carbocycles. The number of carboxylic acid groups (broad SMARTS) is 1. The van der Waals surface area contributed by atoms with E-state index in [1.165, 1.54) is 25.7 Å². The van der Waals surface area contributed by atoms with Gasteiger partial charge in [0.05, 0.1) is 12.2 Å². The third-order valence-corrected chi connectivity index (χ3v) is 12.0. The van der Waals surface area contributed by atoms with Gasteiger partial charge in [-0.05, 0) is 138 Å². The average Bonchev–Trinajstić information content (AvgIpc) is 3.20. The second-order valence-corrected chi connectivity index (χ2v) is 15.5. The van der Waals surface area contributed by atoms with Crippen molar-refractivity contribution < 1.29 is 29.6 Å². The molecule has 10 atom stereocenters. The maximum absolute atomic E-state index is 12.8. The maximum Gasteiger partial charge on any atom is 0.410 e. The SMILES string of the molecule is C[C@H](CCCN(CCCC(=O)O)C(=O)OC(C)(C)C)[C@H]1CC[C@H]2[C@@H]3[C@H](O)C[C@@H]4C[C@H](O)CC[C@]4(C)[C@H]3CC[C@]12C. The first-order valence-corrected chi connectivity index (χ1v) is 16.2. The van der Waals surface area contributed by atoms with E-state index < -0.39 is 11.6 Å². The van der Waals surface area contributed by atoms with Gasteiger partial charge in [-0.15, -0.1) is 0 Å². The third-order valence-electron chi connectivity index (χ3n) is 12.0. The zero-order valence-electron chi connectivity index (χ0n) is 26.0. The molecule has 0 unspecified atom stereocenters. The Hall–Kier alpha value is -1.34. The molecule has 0 spiro atoms. The van der Waals surface area contributed by atoms with Crippen LogP contribution in [-0.4, -0.2) is 63.2 Å². The molecule has 4 rings (SSSR count). The van der Waals surface area contributed by atoms with Crippen LogP contribution in [-0.2, 0) is 9.53 Å². The molecule has 0 heterocycles. The predicted octanol–water partition coefficient (Wildman–Crippen LogP) is 6.50. The predicted molar refractivity (Wildman–Crippen MR) is 156 cm³/mol. The molecule has 0 radical (unpaired) electrons. The van der Waals surface area contributed by atoms with E-state index in [2.05, 4.69) is 20.8 Å². The van der Waals surface area contributed by atoms with E-state index >= 15 is 0 Å². The Bertz CT molecular complexity index is 902. The van der Waals surface area contributed by atoms with Gasteiger partial charge in [0.1, 0.15) is 5.60 Å². The Morgan fingerprint density at radius 1 is 0.950 bits per heavy atom. The first-order chi connectivity index (χ1) is 18.7. The average molecular weight is 564 g/mol. The highest BCUT2D eigenvalue weighted by molar-refractivity contribution is 5.68. The van der Waals surface area contributed by atoms with Crippen LogP contribution >= 0.6 is 0 Å². The van der Waals surface area contributed by atoms with Crippen molar-refractivity contribution in [2.24, 2.45) is 46.3 Å². The molecule has 0 aliphatic heterocycles. The number of fused-ring (bicyclic) bond motifs is 5. The van der Waals surface area contributed by atoms with Crippen LogP contribution < -0.4 is 0 Å². The van der Waals surface area contributed by atoms with Gasteiger partial charge in [0.2, 0.25) is 0 Å². The maximum atomic E-state index is 12.8. The van der Waals surface area contributed by atoms with E-state index in [0.29, 0.717) is 55.0 Å². The Kier molecular flexibility index (Phi) is 9.56. The fraction of sp³-hybridized carbons (Fsp3) is 0.939. The van der Waals surface area contributed by atoms with Crippen molar-refractivity contribution in [2.75, 3.05) is 13.1 Å². The first-order valence-electron chi connectivity index (χ1n) is 16.2. The van der Waals surface area contributed by atoms with E-state index in [0.717, 1.165) is 38.5 Å². The summed E-state index contributed by atoms with van der Waals surface area (Å²) in [5, 5.41) is 30.9. The number of nitrogens with zero attached hydrogens (tertiary/aromatic N) is 1. The minimum absolute atomic E-state index is 0.0475. The summed E-state index contributed by atoms with van der Waals surface area (Å²) >= 11 is 0. The fourth-order valence-corrected chi connectivity index (χ4v) is 10.0. The Morgan fingerprint density at radius 2 is 1.60 bits per heavy atom. The summed E-state index contributed by atoms with van der Waals surface area (Å²) < 4.78 is 5.62. The number of carbonyl (C=O) groups is 2. The molecule has 4 fully saturated rings. The highest BCUT2D eigenvalue weighted by atomic mass is 16.6. The lowest BCUT2D eigenvalue weighted by Gasteiger charge is -2.62. The van der Waals surface area contributed by atoms with E-state index in [1.807, 2.05) is 20.8 Å². The lowest BCUT2D eigenvalue weighted by Crippen LogP contribution is -2.58. The normalized spacial score (nSPS) is 40.0. The van der Waals surface area contributed by atoms with Crippen LogP contribution in [0.1, 0.15) is 119 Å². The summed E-state index contributed by atoms with van der Waals surface area (Å²) in [5.41, 5.74) is -0.0921. The molecule has 230 valence electrons. The van der Waals surface area contributed by atoms with Crippen LogP contribution in [0.25, 0.3) is 0 Å². The molecule has 7 heteroatoms. The van der Waals surface area contributed by atoms with Gasteiger partial charge in [0.25, 0.3) is 0 Å². The number of aliphatic carboxylic acids is 1. The van der Waals surface area contributed by atoms with Crippen LogP contribution in [0.5, 0.6) is 0 Å². The monoisotopic (exact) mass is 563 g/mol. The Balaban J connectivity index is 1.37. The molecule has 0 saturated heterocycles. The summed E-state index contributed by atoms with van der Waals surface area (Å²) in [6.07, 6.45) is 10.1. The highest BCUT2D eigenvalue weighted by Crippen LogP contribution is 2.68. The van der Waals surface area contributed by atoms with Crippen LogP contribution in [0.4, 0.5) is 4.79 Å². The van der Waals surface area contributed by atoms with E-state index in [9.17, 15) is 19.8 Å². The first kappa shape index (κ1) is 31.6. The summed E-state index contributed by atoms with van der Waals surface area (Å²) in [7, 11) is 0. The van der Waals surface area contributed by atoms with Crippen molar-refractivity contribution in [3.8, 4) is 0 Å². The summed E-state index contributed by atoms with van der Waals surface area (Å²) in [4.78, 5) is 25.6. The molecule has 3 N–H and O–H groups in total. The molecule has 0 bridgehead atoms. The number of aliphatic hydroxyl groups excluding tert-OH is 2. The zero-order chi connectivity index (χ0) is 29.5. The van der Waals surface area contributed by atoms with Crippen molar-refractivity contribution in [2.45, 2.75) is 136 Å². The summed E-state index contributed by atoms with van der Waals surface area (Å²) in [6, 6.07) is 0. The van der Waals surface area contributed by atoms with Gasteiger partial charge in [-0.3, -0.25) is 4.79 Å². The molecule has 40 heavy (non-hydrogen) atoms. The van der Waals surface area contributed by atoms with Crippen LogP contribution in [0.2, 0.25) is 0 Å². The lowest BCUT2D eigenvalue weighted by molar-refractivity contribution is -0.174. The number of ether oxygens (including phenoxy) is 1. The van der Waals surface area contributed by atoms with Gasteiger partial charge in [-0.25, -0.2) is 4.79 Å². The third kappa shape index (κ3) is 6.50. The second-order valence-electron chi connectivity index (χ2n) is 15.5. The molecule has 4 aliphatic rings. The van der Waals surface area contributed by atoms with Gasteiger partial charge >= 0.3 is 12.1 Å². The smallest absolute Gasteiger partial charge is 0.410 e. The van der Waals surface area contributed by atoms with E-state index in [1.54, 1.807) is 4.90 Å². The standard InChI is InChI=1S/C33H57NO6/c1-21(9-7-17-34(18-8-10-28(37)38)30(39)40-31(2,3)4)24-11-12-25-29-26(14-16-33(24,25)6)32(5)15-13-23(35)19-22(32)20-27(29)36/h21-27,29,35-36H,7-20H2,1-6H3,(H,37,38)/t21-,22+,23-,24-,25+,26+,27-,29+,32+,33-/m1/s1. The van der Waals surface area contributed by atoms with Crippen molar-refractivity contribution in [3.63, 3.8) is 0 Å². The van der Waals surface area contributed by atoms with Gasteiger partial charge in [0.15, 0.2) is 0 Å². The Labute approximate surface area is 242 Å². The number of hydrogen-bond donors (Lipinski definition) is 3. The number of amides is 1. The van der Waals surface area contributed by atoms with Crippen molar-refractivity contribution in [1.29, 1.82) is 0 Å². The Morgan fingerprint density at radius 3 is 2.27 bits per heavy atom. The molecular weight excluding hydrogens is 506 g/mol. The van der Waals surface area contributed by atoms with Crippen LogP contribution in [0, 0.1) is 46.3 Å². The quantitative estimate of drug-likeness (QED) is 0.296. The summed E-state index contributed by atoms with van der Waals surface area (Å²) in [6.45, 7) is 13.9. The van der Waals surface area contributed by atoms with Crippen molar-refractivity contribution in [1.82, 2.24) is 4.90 Å². The largest absolute Gasteiger partial charge is 0.481 e. The van der Waals surface area contributed by atoms with E-state index in [-0.39, 0.29) is 35.6 Å². The minimum atomic E-state index is -0.842. The zero-order valence-corrected chi connectivity index (χ0v) is 26.0.